The average molecular weight is 238 g/mol. The molecule has 92 valence electrons. The Bertz CT molecular complexity index is 415. The van der Waals surface area contributed by atoms with Crippen molar-refractivity contribution >= 4 is 11.8 Å². The van der Waals surface area contributed by atoms with E-state index in [2.05, 4.69) is 4.74 Å². The van der Waals surface area contributed by atoms with Gasteiger partial charge in [-0.25, -0.2) is 4.39 Å². The minimum Gasteiger partial charge on any atom is -0.469 e. The summed E-state index contributed by atoms with van der Waals surface area (Å²) in [5.74, 6) is -1.06. The van der Waals surface area contributed by atoms with Crippen molar-refractivity contribution in [3.8, 4) is 0 Å². The van der Waals surface area contributed by atoms with Crippen molar-refractivity contribution in [1.82, 2.24) is 0 Å². The second-order valence-corrected chi connectivity index (χ2v) is 4.02. The minimum absolute atomic E-state index is 0.113. The smallest absolute Gasteiger partial charge is 0.305 e. The van der Waals surface area contributed by atoms with Gasteiger partial charge < -0.3 is 4.74 Å². The van der Waals surface area contributed by atoms with E-state index in [0.717, 1.165) is 0 Å². The van der Waals surface area contributed by atoms with Crippen LogP contribution in [-0.4, -0.2) is 18.9 Å². The van der Waals surface area contributed by atoms with Crippen LogP contribution in [0, 0.1) is 11.7 Å². The van der Waals surface area contributed by atoms with Crippen molar-refractivity contribution in [1.29, 1.82) is 0 Å². The molecule has 1 atom stereocenters. The van der Waals surface area contributed by atoms with Gasteiger partial charge in [0.1, 0.15) is 5.82 Å². The molecule has 0 aliphatic heterocycles. The summed E-state index contributed by atoms with van der Waals surface area (Å²) in [6.07, 6.45) is 0.399. The van der Waals surface area contributed by atoms with Crippen LogP contribution in [0.2, 0.25) is 0 Å². The molecule has 3 nitrogen and oxygen atoms in total. The Kier molecular flexibility index (Phi) is 4.82. The summed E-state index contributed by atoms with van der Waals surface area (Å²) in [6, 6.07) is 5.55. The molecule has 0 saturated carbocycles. The number of hydrogen-bond donors (Lipinski definition) is 0. The third-order valence-electron chi connectivity index (χ3n) is 2.42. The molecule has 0 fully saturated rings. The first-order chi connectivity index (χ1) is 8.02. The maximum Gasteiger partial charge on any atom is 0.305 e. The van der Waals surface area contributed by atoms with Gasteiger partial charge in [-0.2, -0.15) is 0 Å². The van der Waals surface area contributed by atoms with E-state index < -0.39 is 5.82 Å². The van der Waals surface area contributed by atoms with Gasteiger partial charge >= 0.3 is 5.97 Å². The number of halogens is 1. The number of ether oxygens (including phenoxy) is 1. The number of Topliss-reactive ketones (excluding diaryl/α,β-unsaturated/α-hetero) is 1. The topological polar surface area (TPSA) is 43.4 Å². The van der Waals surface area contributed by atoms with Crippen LogP contribution in [0.4, 0.5) is 4.39 Å². The van der Waals surface area contributed by atoms with Crippen molar-refractivity contribution in [3.63, 3.8) is 0 Å². The van der Waals surface area contributed by atoms with Crippen molar-refractivity contribution < 1.29 is 18.7 Å². The maximum atomic E-state index is 12.9. The van der Waals surface area contributed by atoms with Crippen LogP contribution >= 0.6 is 0 Å². The summed E-state index contributed by atoms with van der Waals surface area (Å²) in [7, 11) is 1.31. The normalized spacial score (nSPS) is 11.9. The van der Waals surface area contributed by atoms with E-state index in [1.54, 1.807) is 13.0 Å². The number of benzene rings is 1. The van der Waals surface area contributed by atoms with Crippen LogP contribution in [0.25, 0.3) is 0 Å². The first-order valence-corrected chi connectivity index (χ1v) is 5.38. The summed E-state index contributed by atoms with van der Waals surface area (Å²) in [5.41, 5.74) is 0.335. The van der Waals surface area contributed by atoms with E-state index in [-0.39, 0.29) is 30.5 Å². The Hall–Kier alpha value is -1.71. The Morgan fingerprint density at radius 3 is 2.65 bits per heavy atom. The Balaban J connectivity index is 2.57. The number of hydrogen-bond acceptors (Lipinski definition) is 3. The van der Waals surface area contributed by atoms with Gasteiger partial charge in [-0.3, -0.25) is 9.59 Å². The van der Waals surface area contributed by atoms with Gasteiger partial charge in [0.05, 0.1) is 7.11 Å². The number of carbonyl (C=O) groups excluding carboxylic acids is 2. The van der Waals surface area contributed by atoms with E-state index in [1.165, 1.54) is 25.3 Å². The molecule has 1 rings (SSSR count). The number of carbonyl (C=O) groups is 2. The van der Waals surface area contributed by atoms with Gasteiger partial charge in [0.2, 0.25) is 0 Å². The molecule has 0 aliphatic carbocycles. The lowest BCUT2D eigenvalue weighted by molar-refractivity contribution is -0.141. The highest BCUT2D eigenvalue weighted by Gasteiger charge is 2.15. The van der Waals surface area contributed by atoms with Gasteiger partial charge in [0.25, 0.3) is 0 Å². The molecule has 0 heterocycles. The van der Waals surface area contributed by atoms with Gasteiger partial charge in [0, 0.05) is 18.4 Å². The zero-order valence-electron chi connectivity index (χ0n) is 9.90. The third kappa shape index (κ3) is 4.34. The van der Waals surface area contributed by atoms with E-state index >= 15 is 0 Å². The molecule has 1 aromatic rings. The molecule has 0 bridgehead atoms. The predicted molar refractivity (Wildman–Crippen MR) is 61.1 cm³/mol. The quantitative estimate of drug-likeness (QED) is 0.585. The first-order valence-electron chi connectivity index (χ1n) is 5.38. The van der Waals surface area contributed by atoms with Crippen LogP contribution in [-0.2, 0) is 9.53 Å². The zero-order chi connectivity index (χ0) is 12.8. The van der Waals surface area contributed by atoms with E-state index in [0.29, 0.717) is 5.56 Å². The summed E-state index contributed by atoms with van der Waals surface area (Å²) in [4.78, 5) is 22.8. The molecule has 0 saturated heterocycles. The summed E-state index contributed by atoms with van der Waals surface area (Å²) >= 11 is 0. The van der Waals surface area contributed by atoms with E-state index in [4.69, 9.17) is 0 Å². The fraction of sp³-hybridized carbons (Fsp3) is 0.385. The molecular weight excluding hydrogens is 223 g/mol. The summed E-state index contributed by atoms with van der Waals surface area (Å²) in [5, 5.41) is 0. The van der Waals surface area contributed by atoms with Crippen LogP contribution < -0.4 is 0 Å². The van der Waals surface area contributed by atoms with E-state index in [1.807, 2.05) is 0 Å². The largest absolute Gasteiger partial charge is 0.469 e. The fourth-order valence-electron chi connectivity index (χ4n) is 1.54. The zero-order valence-corrected chi connectivity index (χ0v) is 9.90. The second kappa shape index (κ2) is 6.13. The van der Waals surface area contributed by atoms with Crippen LogP contribution in [0.5, 0.6) is 0 Å². The average Bonchev–Trinajstić information content (AvgIpc) is 2.28. The number of rotatable bonds is 5. The number of methoxy groups -OCH3 is 1. The molecule has 17 heavy (non-hydrogen) atoms. The second-order valence-electron chi connectivity index (χ2n) is 4.02. The van der Waals surface area contributed by atoms with Crippen molar-refractivity contribution in [2.45, 2.75) is 19.8 Å². The molecule has 0 N–H and O–H groups in total. The summed E-state index contributed by atoms with van der Waals surface area (Å²) in [6.45, 7) is 1.79. The Labute approximate surface area is 99.6 Å². The van der Waals surface area contributed by atoms with Crippen molar-refractivity contribution in [2.75, 3.05) is 7.11 Å². The lowest BCUT2D eigenvalue weighted by Gasteiger charge is -2.08. The maximum absolute atomic E-state index is 12.9. The van der Waals surface area contributed by atoms with Crippen molar-refractivity contribution in [2.24, 2.45) is 5.92 Å². The van der Waals surface area contributed by atoms with Gasteiger partial charge in [0.15, 0.2) is 5.78 Å². The molecule has 0 radical (unpaired) electrons. The van der Waals surface area contributed by atoms with Crippen LogP contribution in [0.3, 0.4) is 0 Å². The first kappa shape index (κ1) is 13.4. The Morgan fingerprint density at radius 1 is 1.35 bits per heavy atom. The fourth-order valence-corrected chi connectivity index (χ4v) is 1.54. The molecule has 0 aliphatic rings. The van der Waals surface area contributed by atoms with Crippen molar-refractivity contribution in [3.05, 3.63) is 35.6 Å². The van der Waals surface area contributed by atoms with Crippen LogP contribution in [0.1, 0.15) is 30.1 Å². The van der Waals surface area contributed by atoms with Gasteiger partial charge in [-0.1, -0.05) is 19.1 Å². The number of ketones is 1. The highest BCUT2D eigenvalue weighted by atomic mass is 19.1. The number of esters is 1. The highest BCUT2D eigenvalue weighted by molar-refractivity contribution is 5.96. The monoisotopic (exact) mass is 238 g/mol. The van der Waals surface area contributed by atoms with E-state index in [9.17, 15) is 14.0 Å². The lowest BCUT2D eigenvalue weighted by atomic mass is 9.97. The lowest BCUT2D eigenvalue weighted by Crippen LogP contribution is -2.12. The predicted octanol–water partition coefficient (Wildman–Crippen LogP) is 2.60. The Morgan fingerprint density at radius 2 is 2.06 bits per heavy atom. The molecule has 0 amide bonds. The minimum atomic E-state index is -0.434. The third-order valence-corrected chi connectivity index (χ3v) is 2.42. The molecule has 4 heteroatoms. The highest BCUT2D eigenvalue weighted by Crippen LogP contribution is 2.14. The molecule has 0 aromatic heterocycles. The molecule has 1 unspecified atom stereocenters. The van der Waals surface area contributed by atoms with Gasteiger partial charge in [-0.05, 0) is 18.1 Å². The summed E-state index contributed by atoms with van der Waals surface area (Å²) < 4.78 is 17.4. The van der Waals surface area contributed by atoms with Crippen LogP contribution in [0.15, 0.2) is 24.3 Å². The molecular formula is C13H15FO3. The van der Waals surface area contributed by atoms with Gasteiger partial charge in [-0.15, -0.1) is 0 Å². The molecule has 1 aromatic carbocycles. The standard InChI is InChI=1S/C13H15FO3/c1-9(7-13(16)17-2)6-12(15)10-4-3-5-11(14)8-10/h3-5,8-9H,6-7H2,1-2H3. The SMILES string of the molecule is COC(=O)CC(C)CC(=O)c1cccc(F)c1. The molecule has 0 spiro atoms.